The SMILES string of the molecule is CCCOC1CCCN(C(=O)c2ccc(OC3CCN(CCc4ccccc4)CC3)cc2)C1. The fourth-order valence-corrected chi connectivity index (χ4v) is 4.78. The summed E-state index contributed by atoms with van der Waals surface area (Å²) in [5.41, 5.74) is 2.13. The van der Waals surface area contributed by atoms with Crippen molar-refractivity contribution in [2.24, 2.45) is 0 Å². The lowest BCUT2D eigenvalue weighted by Gasteiger charge is -2.33. The zero-order chi connectivity index (χ0) is 22.9. The highest BCUT2D eigenvalue weighted by molar-refractivity contribution is 5.94. The molecule has 2 aromatic carbocycles. The lowest BCUT2D eigenvalue weighted by atomic mass is 10.1. The number of hydrogen-bond donors (Lipinski definition) is 0. The molecule has 1 unspecified atom stereocenters. The predicted octanol–water partition coefficient (Wildman–Crippen LogP) is 4.80. The van der Waals surface area contributed by atoms with Gasteiger partial charge < -0.3 is 19.3 Å². The number of benzene rings is 2. The molecule has 2 saturated heterocycles. The van der Waals surface area contributed by atoms with E-state index in [2.05, 4.69) is 42.2 Å². The van der Waals surface area contributed by atoms with E-state index in [1.807, 2.05) is 29.2 Å². The normalized spacial score (nSPS) is 20.0. The summed E-state index contributed by atoms with van der Waals surface area (Å²) in [6.07, 6.45) is 6.67. The first kappa shape index (κ1) is 23.8. The number of carbonyl (C=O) groups excluding carboxylic acids is 1. The van der Waals surface area contributed by atoms with Crippen molar-refractivity contribution in [1.29, 1.82) is 0 Å². The molecule has 2 aliphatic rings. The largest absolute Gasteiger partial charge is 0.490 e. The van der Waals surface area contributed by atoms with E-state index in [4.69, 9.17) is 9.47 Å². The third kappa shape index (κ3) is 7.05. The molecule has 0 N–H and O–H groups in total. The minimum absolute atomic E-state index is 0.0954. The van der Waals surface area contributed by atoms with Crippen LogP contribution >= 0.6 is 0 Å². The van der Waals surface area contributed by atoms with Crippen molar-refractivity contribution in [3.63, 3.8) is 0 Å². The van der Waals surface area contributed by atoms with E-state index in [9.17, 15) is 4.79 Å². The zero-order valence-electron chi connectivity index (χ0n) is 20.0. The van der Waals surface area contributed by atoms with Gasteiger partial charge in [-0.25, -0.2) is 0 Å². The molecule has 33 heavy (non-hydrogen) atoms. The molecule has 5 nitrogen and oxygen atoms in total. The number of ether oxygens (including phenoxy) is 2. The summed E-state index contributed by atoms with van der Waals surface area (Å²) in [4.78, 5) is 17.4. The van der Waals surface area contributed by atoms with E-state index in [1.54, 1.807) is 0 Å². The molecule has 0 saturated carbocycles. The first-order valence-electron chi connectivity index (χ1n) is 12.6. The van der Waals surface area contributed by atoms with Gasteiger partial charge in [-0.15, -0.1) is 0 Å². The number of rotatable bonds is 9. The van der Waals surface area contributed by atoms with Gasteiger partial charge in [0.05, 0.1) is 6.10 Å². The number of nitrogens with zero attached hydrogens (tertiary/aromatic N) is 2. The number of hydrogen-bond acceptors (Lipinski definition) is 4. The fraction of sp³-hybridized carbons (Fsp3) is 0.536. The Labute approximate surface area is 198 Å². The quantitative estimate of drug-likeness (QED) is 0.550. The molecule has 5 heteroatoms. The number of amides is 1. The van der Waals surface area contributed by atoms with Crippen LogP contribution in [0.25, 0.3) is 0 Å². The second-order valence-corrected chi connectivity index (χ2v) is 9.31. The van der Waals surface area contributed by atoms with Crippen molar-refractivity contribution in [1.82, 2.24) is 9.80 Å². The van der Waals surface area contributed by atoms with Gasteiger partial charge in [-0.05, 0) is 68.4 Å². The summed E-state index contributed by atoms with van der Waals surface area (Å²) in [5.74, 6) is 0.954. The molecule has 0 spiro atoms. The lowest BCUT2D eigenvalue weighted by Crippen LogP contribution is -2.43. The number of carbonyl (C=O) groups is 1. The zero-order valence-corrected chi connectivity index (χ0v) is 20.0. The molecule has 1 atom stereocenters. The molecule has 0 radical (unpaired) electrons. The van der Waals surface area contributed by atoms with Gasteiger partial charge in [-0.2, -0.15) is 0 Å². The first-order valence-corrected chi connectivity index (χ1v) is 12.6. The van der Waals surface area contributed by atoms with Crippen LogP contribution in [0.2, 0.25) is 0 Å². The first-order chi connectivity index (χ1) is 16.2. The summed E-state index contributed by atoms with van der Waals surface area (Å²) in [6, 6.07) is 18.4. The second kappa shape index (κ2) is 12.2. The van der Waals surface area contributed by atoms with Crippen LogP contribution in [-0.2, 0) is 11.2 Å². The topological polar surface area (TPSA) is 42.0 Å². The molecule has 0 bridgehead atoms. The van der Waals surface area contributed by atoms with Crippen LogP contribution in [0, 0.1) is 0 Å². The third-order valence-corrected chi connectivity index (χ3v) is 6.72. The Morgan fingerprint density at radius 2 is 1.70 bits per heavy atom. The van der Waals surface area contributed by atoms with E-state index >= 15 is 0 Å². The monoisotopic (exact) mass is 450 g/mol. The van der Waals surface area contributed by atoms with E-state index < -0.39 is 0 Å². The van der Waals surface area contributed by atoms with Crippen molar-refractivity contribution in [2.75, 3.05) is 39.3 Å². The average molecular weight is 451 g/mol. The van der Waals surface area contributed by atoms with Crippen LogP contribution in [0.4, 0.5) is 0 Å². The average Bonchev–Trinajstić information content (AvgIpc) is 2.88. The Hall–Kier alpha value is -2.37. The summed E-state index contributed by atoms with van der Waals surface area (Å²) < 4.78 is 12.1. The van der Waals surface area contributed by atoms with Crippen LogP contribution in [0.3, 0.4) is 0 Å². The van der Waals surface area contributed by atoms with Crippen molar-refractivity contribution in [3.05, 3.63) is 65.7 Å². The maximum atomic E-state index is 12.9. The Morgan fingerprint density at radius 3 is 2.42 bits per heavy atom. The van der Waals surface area contributed by atoms with Crippen LogP contribution in [0.1, 0.15) is 54.9 Å². The Bertz CT molecular complexity index is 847. The standard InChI is InChI=1S/C28H38N2O3/c1-2-21-32-27-9-6-17-30(22-27)28(31)24-10-12-25(13-11-24)33-26-15-19-29(20-16-26)18-14-23-7-4-3-5-8-23/h3-5,7-8,10-13,26-27H,2,6,9,14-22H2,1H3. The van der Waals surface area contributed by atoms with Crippen molar-refractivity contribution in [2.45, 2.75) is 57.7 Å². The fourth-order valence-electron chi connectivity index (χ4n) is 4.78. The summed E-state index contributed by atoms with van der Waals surface area (Å²) in [6.45, 7) is 7.64. The maximum Gasteiger partial charge on any atom is 0.253 e. The van der Waals surface area contributed by atoms with Gasteiger partial charge in [0.2, 0.25) is 0 Å². The highest BCUT2D eigenvalue weighted by Gasteiger charge is 2.25. The molecule has 2 aromatic rings. The van der Waals surface area contributed by atoms with Gasteiger partial charge in [0, 0.05) is 44.9 Å². The van der Waals surface area contributed by atoms with Crippen LogP contribution in [0.5, 0.6) is 5.75 Å². The van der Waals surface area contributed by atoms with Gasteiger partial charge in [0.15, 0.2) is 0 Å². The number of likely N-dealkylation sites (tertiary alicyclic amines) is 2. The number of piperidine rings is 2. The smallest absolute Gasteiger partial charge is 0.253 e. The molecule has 2 fully saturated rings. The Kier molecular flexibility index (Phi) is 8.79. The molecule has 0 aromatic heterocycles. The van der Waals surface area contributed by atoms with Gasteiger partial charge in [0.1, 0.15) is 11.9 Å². The molecule has 2 aliphatic heterocycles. The van der Waals surface area contributed by atoms with Gasteiger partial charge in [-0.3, -0.25) is 4.79 Å². The van der Waals surface area contributed by atoms with E-state index in [0.29, 0.717) is 6.54 Å². The summed E-state index contributed by atoms with van der Waals surface area (Å²) in [7, 11) is 0. The van der Waals surface area contributed by atoms with Crippen LogP contribution < -0.4 is 4.74 Å². The molecule has 4 rings (SSSR count). The molecular formula is C28H38N2O3. The van der Waals surface area contributed by atoms with Crippen LogP contribution in [-0.4, -0.2) is 67.2 Å². The predicted molar refractivity (Wildman–Crippen MR) is 132 cm³/mol. The minimum Gasteiger partial charge on any atom is -0.490 e. The Balaban J connectivity index is 1.21. The van der Waals surface area contributed by atoms with Crippen molar-refractivity contribution < 1.29 is 14.3 Å². The molecule has 1 amide bonds. The van der Waals surface area contributed by atoms with Gasteiger partial charge in [0.25, 0.3) is 5.91 Å². The molecular weight excluding hydrogens is 412 g/mol. The highest BCUT2D eigenvalue weighted by Crippen LogP contribution is 2.22. The van der Waals surface area contributed by atoms with Gasteiger partial charge >= 0.3 is 0 Å². The Morgan fingerprint density at radius 1 is 0.939 bits per heavy atom. The van der Waals surface area contributed by atoms with Gasteiger partial charge in [-0.1, -0.05) is 37.3 Å². The van der Waals surface area contributed by atoms with Crippen molar-refractivity contribution in [3.8, 4) is 5.75 Å². The van der Waals surface area contributed by atoms with E-state index in [-0.39, 0.29) is 18.1 Å². The lowest BCUT2D eigenvalue weighted by molar-refractivity contribution is 0.00211. The van der Waals surface area contributed by atoms with Crippen molar-refractivity contribution >= 4 is 5.91 Å². The van der Waals surface area contributed by atoms with Crippen LogP contribution in [0.15, 0.2) is 54.6 Å². The molecule has 178 valence electrons. The summed E-state index contributed by atoms with van der Waals surface area (Å²) in [5, 5.41) is 0. The van der Waals surface area contributed by atoms with E-state index in [0.717, 1.165) is 82.6 Å². The second-order valence-electron chi connectivity index (χ2n) is 9.31. The third-order valence-electron chi connectivity index (χ3n) is 6.72. The summed E-state index contributed by atoms with van der Waals surface area (Å²) >= 11 is 0. The molecule has 0 aliphatic carbocycles. The highest BCUT2D eigenvalue weighted by atomic mass is 16.5. The molecule has 2 heterocycles. The minimum atomic E-state index is 0.0954. The van der Waals surface area contributed by atoms with E-state index in [1.165, 1.54) is 5.56 Å². The maximum absolute atomic E-state index is 12.9.